The van der Waals surface area contributed by atoms with Gasteiger partial charge in [0.05, 0.1) is 34.4 Å². The van der Waals surface area contributed by atoms with Gasteiger partial charge in [0, 0.05) is 19.3 Å². The predicted octanol–water partition coefficient (Wildman–Crippen LogP) is 11.6. The lowest BCUT2D eigenvalue weighted by Crippen LogP contribution is -2.50. The van der Waals surface area contributed by atoms with E-state index in [0.29, 0.717) is 19.3 Å². The number of allylic oxidation sites excluding steroid dienone is 8. The third kappa shape index (κ3) is 35.0. The Labute approximate surface area is 331 Å². The third-order valence-electron chi connectivity index (χ3n) is 9.49. The monoisotopic (exact) mass is 761 g/mol. The molecule has 1 N–H and O–H groups in total. The minimum atomic E-state index is -0.880. The third-order valence-corrected chi connectivity index (χ3v) is 9.49. The number of carboxylic acids is 1. The maximum absolute atomic E-state index is 12.7. The van der Waals surface area contributed by atoms with Crippen LogP contribution in [0.1, 0.15) is 174 Å². The molecule has 0 amide bonds. The lowest BCUT2D eigenvalue weighted by molar-refractivity contribution is -0.887. The number of carbonyl (C=O) groups is 3. The summed E-state index contributed by atoms with van der Waals surface area (Å²) in [7, 11) is 5.51. The van der Waals surface area contributed by atoms with Crippen molar-refractivity contribution in [3.05, 3.63) is 48.6 Å². The highest BCUT2D eigenvalue weighted by atomic mass is 16.6. The molecule has 2 unspecified atom stereocenters. The number of unbranched alkanes of at least 4 members (excludes halogenated alkanes) is 16. The van der Waals surface area contributed by atoms with E-state index in [9.17, 15) is 19.5 Å². The van der Waals surface area contributed by atoms with E-state index in [2.05, 4.69) is 62.5 Å². The first-order valence-electron chi connectivity index (χ1n) is 21.7. The van der Waals surface area contributed by atoms with Crippen LogP contribution in [0.5, 0.6) is 0 Å². The van der Waals surface area contributed by atoms with Crippen LogP contribution in [-0.4, -0.2) is 80.6 Å². The van der Waals surface area contributed by atoms with Crippen molar-refractivity contribution in [3.8, 4) is 0 Å². The molecule has 0 radical (unpaired) electrons. The maximum Gasteiger partial charge on any atom is 0.362 e. The lowest BCUT2D eigenvalue weighted by Gasteiger charge is -2.31. The summed E-state index contributed by atoms with van der Waals surface area (Å²) in [6, 6.07) is -0.618. The van der Waals surface area contributed by atoms with Crippen molar-refractivity contribution >= 4 is 17.9 Å². The van der Waals surface area contributed by atoms with Gasteiger partial charge in [0.25, 0.3) is 0 Å². The summed E-state index contributed by atoms with van der Waals surface area (Å²) in [6.45, 7) is 4.59. The Hall–Kier alpha value is -2.71. The highest BCUT2D eigenvalue weighted by Gasteiger charge is 2.31. The van der Waals surface area contributed by atoms with Crippen molar-refractivity contribution < 1.29 is 38.2 Å². The second-order valence-corrected chi connectivity index (χ2v) is 15.6. The minimum Gasteiger partial charge on any atom is -0.477 e. The molecular weight excluding hydrogens is 679 g/mol. The standard InChI is InChI=1S/C46H81NO7/c1-6-8-10-12-14-16-18-20-22-23-25-26-28-30-32-34-36-44(48)53-41-42(40-52-39-38-43(46(50)51)47(3,4)5)54-45(49)37-35-33-31-29-27-24-21-19-17-15-13-11-9-7-2/h8,10,14,16,20,22,25-26,42-43H,6-7,9,11-13,15,17-19,21,23-24,27-41H2,1-5H3/p+1/b10-8+,16-14+,22-20+,26-25+. The summed E-state index contributed by atoms with van der Waals surface area (Å²) < 4.78 is 17.2. The van der Waals surface area contributed by atoms with Crippen molar-refractivity contribution in [1.29, 1.82) is 0 Å². The lowest BCUT2D eigenvalue weighted by atomic mass is 10.0. The van der Waals surface area contributed by atoms with Gasteiger partial charge < -0.3 is 23.8 Å². The molecule has 0 saturated carbocycles. The van der Waals surface area contributed by atoms with Gasteiger partial charge in [0.2, 0.25) is 0 Å². The van der Waals surface area contributed by atoms with E-state index in [4.69, 9.17) is 14.2 Å². The number of carboxylic acid groups (broad SMARTS) is 1. The summed E-state index contributed by atoms with van der Waals surface area (Å²) in [4.78, 5) is 36.9. The molecule has 0 aromatic rings. The molecule has 0 heterocycles. The normalized spacial score (nSPS) is 13.4. The number of likely N-dealkylation sites (N-methyl/N-ethyl adjacent to an activating group) is 1. The Morgan fingerprint density at radius 1 is 0.574 bits per heavy atom. The Morgan fingerprint density at radius 3 is 1.54 bits per heavy atom. The maximum atomic E-state index is 12.7. The van der Waals surface area contributed by atoms with Crippen LogP contribution < -0.4 is 0 Å². The number of nitrogens with zero attached hydrogens (tertiary/aromatic N) is 1. The summed E-state index contributed by atoms with van der Waals surface area (Å²) in [5.41, 5.74) is 0. The van der Waals surface area contributed by atoms with E-state index in [1.807, 2.05) is 21.1 Å². The van der Waals surface area contributed by atoms with Gasteiger partial charge in [-0.1, -0.05) is 152 Å². The molecule has 0 aromatic heterocycles. The zero-order valence-electron chi connectivity index (χ0n) is 35.4. The van der Waals surface area contributed by atoms with Gasteiger partial charge in [0.15, 0.2) is 12.1 Å². The van der Waals surface area contributed by atoms with Crippen molar-refractivity contribution in [2.75, 3.05) is 41.0 Å². The molecule has 0 spiro atoms. The van der Waals surface area contributed by atoms with Crippen LogP contribution in [0.15, 0.2) is 48.6 Å². The Morgan fingerprint density at radius 2 is 1.04 bits per heavy atom. The smallest absolute Gasteiger partial charge is 0.362 e. The fourth-order valence-electron chi connectivity index (χ4n) is 6.14. The summed E-state index contributed by atoms with van der Waals surface area (Å²) in [5.74, 6) is -1.51. The molecular formula is C46H82NO7+. The SMILES string of the molecule is CC/C=C/C/C=C/C/C=C/C/C=C/CCCCCC(=O)OCC(COCCC(C(=O)O)[N+](C)(C)C)OC(=O)CCCCCCCCCCCCCCCC. The molecule has 8 heteroatoms. The van der Waals surface area contributed by atoms with Gasteiger partial charge in [-0.15, -0.1) is 0 Å². The number of esters is 2. The zero-order valence-corrected chi connectivity index (χ0v) is 35.4. The van der Waals surface area contributed by atoms with Crippen molar-refractivity contribution in [2.24, 2.45) is 0 Å². The summed E-state index contributed by atoms with van der Waals surface area (Å²) in [6.07, 6.45) is 42.9. The molecule has 0 aliphatic rings. The first-order valence-corrected chi connectivity index (χ1v) is 21.7. The van der Waals surface area contributed by atoms with Gasteiger partial charge in [-0.2, -0.15) is 0 Å². The average molecular weight is 761 g/mol. The van der Waals surface area contributed by atoms with E-state index >= 15 is 0 Å². The van der Waals surface area contributed by atoms with E-state index in [-0.39, 0.29) is 36.2 Å². The number of hydrogen-bond donors (Lipinski definition) is 1. The molecule has 0 bridgehead atoms. The molecule has 0 aromatic carbocycles. The Kier molecular flexibility index (Phi) is 35.4. The Bertz CT molecular complexity index is 1030. The number of rotatable bonds is 38. The van der Waals surface area contributed by atoms with E-state index < -0.39 is 18.1 Å². The number of carbonyl (C=O) groups excluding carboxylic acids is 2. The topological polar surface area (TPSA) is 99.1 Å². The van der Waals surface area contributed by atoms with Gasteiger partial charge in [-0.25, -0.2) is 4.79 Å². The first-order chi connectivity index (χ1) is 26.1. The Balaban J connectivity index is 4.41. The van der Waals surface area contributed by atoms with Crippen LogP contribution in [0.25, 0.3) is 0 Å². The highest BCUT2D eigenvalue weighted by molar-refractivity contribution is 5.72. The molecule has 0 rings (SSSR count). The number of quaternary nitrogens is 1. The minimum absolute atomic E-state index is 0.0517. The quantitative estimate of drug-likeness (QED) is 0.0289. The number of aliphatic carboxylic acids is 1. The van der Waals surface area contributed by atoms with Crippen LogP contribution in [-0.2, 0) is 28.6 Å². The second-order valence-electron chi connectivity index (χ2n) is 15.6. The van der Waals surface area contributed by atoms with E-state index in [1.54, 1.807) is 0 Å². The first kappa shape index (κ1) is 51.3. The predicted molar refractivity (Wildman–Crippen MR) is 224 cm³/mol. The van der Waals surface area contributed by atoms with Crippen molar-refractivity contribution in [3.63, 3.8) is 0 Å². The molecule has 0 fully saturated rings. The van der Waals surface area contributed by atoms with Crippen LogP contribution >= 0.6 is 0 Å². The molecule has 0 aliphatic carbocycles. The highest BCUT2D eigenvalue weighted by Crippen LogP contribution is 2.15. The molecule has 54 heavy (non-hydrogen) atoms. The summed E-state index contributed by atoms with van der Waals surface area (Å²) in [5, 5.41) is 9.61. The molecule has 2 atom stereocenters. The fraction of sp³-hybridized carbons (Fsp3) is 0.761. The van der Waals surface area contributed by atoms with Crippen molar-refractivity contribution in [2.45, 2.75) is 187 Å². The number of hydrogen-bond acceptors (Lipinski definition) is 6. The summed E-state index contributed by atoms with van der Waals surface area (Å²) >= 11 is 0. The second kappa shape index (κ2) is 37.2. The van der Waals surface area contributed by atoms with Crippen LogP contribution in [0, 0.1) is 0 Å². The van der Waals surface area contributed by atoms with Crippen LogP contribution in [0.2, 0.25) is 0 Å². The van der Waals surface area contributed by atoms with Crippen LogP contribution in [0.3, 0.4) is 0 Å². The van der Waals surface area contributed by atoms with Gasteiger partial charge >= 0.3 is 17.9 Å². The number of ether oxygens (including phenoxy) is 3. The fourth-order valence-corrected chi connectivity index (χ4v) is 6.14. The zero-order chi connectivity index (χ0) is 40.0. The van der Waals surface area contributed by atoms with Gasteiger partial charge in [-0.3, -0.25) is 9.59 Å². The van der Waals surface area contributed by atoms with Crippen molar-refractivity contribution in [1.82, 2.24) is 0 Å². The van der Waals surface area contributed by atoms with E-state index in [1.165, 1.54) is 70.6 Å². The van der Waals surface area contributed by atoms with Crippen LogP contribution in [0.4, 0.5) is 0 Å². The van der Waals surface area contributed by atoms with E-state index in [0.717, 1.165) is 70.6 Å². The largest absolute Gasteiger partial charge is 0.477 e. The van der Waals surface area contributed by atoms with Gasteiger partial charge in [0.1, 0.15) is 6.61 Å². The molecule has 8 nitrogen and oxygen atoms in total. The molecule has 312 valence electrons. The molecule has 0 saturated heterocycles. The molecule has 0 aliphatic heterocycles. The average Bonchev–Trinajstić information content (AvgIpc) is 3.12. The van der Waals surface area contributed by atoms with Gasteiger partial charge in [-0.05, 0) is 51.4 Å².